The highest BCUT2D eigenvalue weighted by molar-refractivity contribution is 5.95. The molecule has 0 bridgehead atoms. The smallest absolute Gasteiger partial charge is 0.341 e. The zero-order valence-electron chi connectivity index (χ0n) is 17.8. The van der Waals surface area contributed by atoms with E-state index in [1.54, 1.807) is 6.07 Å². The molecule has 2 nitrogen and oxygen atoms in total. The molecule has 0 spiro atoms. The maximum absolute atomic E-state index is 14.5. The van der Waals surface area contributed by atoms with Gasteiger partial charge in [-0.2, -0.15) is 0 Å². The lowest BCUT2D eigenvalue weighted by Crippen LogP contribution is -2.30. The summed E-state index contributed by atoms with van der Waals surface area (Å²) in [6, 6.07) is 6.58. The summed E-state index contributed by atoms with van der Waals surface area (Å²) in [5.41, 5.74) is 0.263. The van der Waals surface area contributed by atoms with E-state index < -0.39 is 23.2 Å². The summed E-state index contributed by atoms with van der Waals surface area (Å²) in [7, 11) is 0. The molecule has 1 N–H and O–H groups in total. The van der Waals surface area contributed by atoms with Gasteiger partial charge in [0.2, 0.25) is 0 Å². The second-order valence-electron chi connectivity index (χ2n) is 9.54. The third-order valence-corrected chi connectivity index (χ3v) is 7.68. The normalized spacial score (nSPS) is 26.5. The van der Waals surface area contributed by atoms with Crippen LogP contribution in [0.5, 0.6) is 0 Å². The molecule has 2 aliphatic rings. The molecule has 4 atom stereocenters. The lowest BCUT2D eigenvalue weighted by Gasteiger charge is -2.42. The molecule has 30 heavy (non-hydrogen) atoms. The molecular weight excluding hydrogens is 382 g/mol. The molecule has 2 aromatic carbocycles. The first kappa shape index (κ1) is 21.3. The number of carbonyl (C=O) groups is 1. The summed E-state index contributed by atoms with van der Waals surface area (Å²) in [6.07, 6.45) is 13.0. The number of halogens is 2. The van der Waals surface area contributed by atoms with Gasteiger partial charge in [-0.3, -0.25) is 0 Å². The Bertz CT molecular complexity index is 923. The standard InChI is InChI=1S/C26H32F2O2/c1-2-3-4-5-16-6-7-18-13-19(9-8-17(18)12-16)20-10-11-22-21(14-20)15-23(27)24(25(22)28)26(29)30/h10-11,14-19H,2-9,12-13H2,1H3,(H,29,30). The van der Waals surface area contributed by atoms with Crippen molar-refractivity contribution >= 4 is 16.7 Å². The van der Waals surface area contributed by atoms with Crippen LogP contribution < -0.4 is 0 Å². The number of aromatic carboxylic acids is 1. The molecular formula is C26H32F2O2. The van der Waals surface area contributed by atoms with Crippen molar-refractivity contribution in [2.75, 3.05) is 0 Å². The Morgan fingerprint density at radius 2 is 1.80 bits per heavy atom. The Morgan fingerprint density at radius 1 is 1.03 bits per heavy atom. The average molecular weight is 415 g/mol. The van der Waals surface area contributed by atoms with Gasteiger partial charge in [-0.05, 0) is 72.8 Å². The molecule has 0 radical (unpaired) electrons. The van der Waals surface area contributed by atoms with Crippen LogP contribution in [0.2, 0.25) is 0 Å². The first-order valence-electron chi connectivity index (χ1n) is 11.6. The van der Waals surface area contributed by atoms with E-state index in [9.17, 15) is 13.6 Å². The summed E-state index contributed by atoms with van der Waals surface area (Å²) in [4.78, 5) is 11.2. The topological polar surface area (TPSA) is 37.3 Å². The van der Waals surface area contributed by atoms with Gasteiger partial charge in [0.25, 0.3) is 0 Å². The molecule has 4 unspecified atom stereocenters. The third-order valence-electron chi connectivity index (χ3n) is 7.68. The van der Waals surface area contributed by atoms with Crippen LogP contribution in [0.4, 0.5) is 8.78 Å². The van der Waals surface area contributed by atoms with Crippen molar-refractivity contribution in [3.05, 3.63) is 47.0 Å². The molecule has 2 aliphatic carbocycles. The molecule has 162 valence electrons. The Morgan fingerprint density at radius 3 is 2.57 bits per heavy atom. The highest BCUT2D eigenvalue weighted by Gasteiger charge is 2.35. The van der Waals surface area contributed by atoms with Gasteiger partial charge in [0.05, 0.1) is 0 Å². The lowest BCUT2D eigenvalue weighted by atomic mass is 9.63. The maximum Gasteiger partial charge on any atom is 0.341 e. The number of benzene rings is 2. The van der Waals surface area contributed by atoms with Gasteiger partial charge in [-0.25, -0.2) is 13.6 Å². The summed E-state index contributed by atoms with van der Waals surface area (Å²) in [6.45, 7) is 2.26. The fourth-order valence-electron chi connectivity index (χ4n) is 6.03. The fourth-order valence-corrected chi connectivity index (χ4v) is 6.03. The quantitative estimate of drug-likeness (QED) is 0.492. The number of hydrogen-bond acceptors (Lipinski definition) is 1. The molecule has 0 heterocycles. The first-order valence-corrected chi connectivity index (χ1v) is 11.6. The van der Waals surface area contributed by atoms with E-state index in [0.717, 1.165) is 36.2 Å². The maximum atomic E-state index is 14.5. The summed E-state index contributed by atoms with van der Waals surface area (Å²) < 4.78 is 28.7. The van der Waals surface area contributed by atoms with Crippen molar-refractivity contribution in [1.29, 1.82) is 0 Å². The van der Waals surface area contributed by atoms with Crippen LogP contribution in [-0.2, 0) is 0 Å². The first-order chi connectivity index (χ1) is 14.5. The lowest BCUT2D eigenvalue weighted by molar-refractivity contribution is 0.0687. The van der Waals surface area contributed by atoms with Crippen LogP contribution in [0.1, 0.15) is 93.0 Å². The SMILES string of the molecule is CCCCCC1CCC2CC(c3ccc4c(F)c(C(=O)O)c(F)cc4c3)CCC2C1. The molecule has 0 aliphatic heterocycles. The minimum absolute atomic E-state index is 0.179. The summed E-state index contributed by atoms with van der Waals surface area (Å²) >= 11 is 0. The van der Waals surface area contributed by atoms with Crippen molar-refractivity contribution in [3.63, 3.8) is 0 Å². The van der Waals surface area contributed by atoms with E-state index in [1.165, 1.54) is 57.4 Å². The number of rotatable bonds is 6. The van der Waals surface area contributed by atoms with Crippen molar-refractivity contribution in [1.82, 2.24) is 0 Å². The van der Waals surface area contributed by atoms with Crippen LogP contribution in [-0.4, -0.2) is 11.1 Å². The second-order valence-corrected chi connectivity index (χ2v) is 9.54. The Hall–Kier alpha value is -1.97. The van der Waals surface area contributed by atoms with Crippen LogP contribution in [0.25, 0.3) is 10.8 Å². The van der Waals surface area contributed by atoms with Gasteiger partial charge in [-0.1, -0.05) is 57.2 Å². The van der Waals surface area contributed by atoms with Crippen LogP contribution in [0.3, 0.4) is 0 Å². The zero-order valence-corrected chi connectivity index (χ0v) is 17.8. The predicted molar refractivity (Wildman–Crippen MR) is 116 cm³/mol. The Kier molecular flexibility index (Phi) is 6.40. The number of fused-ring (bicyclic) bond motifs is 2. The molecule has 0 aromatic heterocycles. The number of carboxylic acids is 1. The van der Waals surface area contributed by atoms with Gasteiger partial charge >= 0.3 is 5.97 Å². The van der Waals surface area contributed by atoms with Crippen LogP contribution >= 0.6 is 0 Å². The average Bonchev–Trinajstić information content (AvgIpc) is 2.73. The van der Waals surface area contributed by atoms with Gasteiger partial charge in [0, 0.05) is 5.39 Å². The van der Waals surface area contributed by atoms with Crippen molar-refractivity contribution in [3.8, 4) is 0 Å². The van der Waals surface area contributed by atoms with Crippen molar-refractivity contribution in [2.45, 2.75) is 77.0 Å². The molecule has 0 amide bonds. The largest absolute Gasteiger partial charge is 0.477 e. The number of hydrogen-bond donors (Lipinski definition) is 1. The van der Waals surface area contributed by atoms with E-state index in [-0.39, 0.29) is 5.39 Å². The van der Waals surface area contributed by atoms with Crippen LogP contribution in [0.15, 0.2) is 24.3 Å². The molecule has 4 heteroatoms. The second kappa shape index (κ2) is 9.03. The van der Waals surface area contributed by atoms with Crippen molar-refractivity contribution in [2.24, 2.45) is 17.8 Å². The third kappa shape index (κ3) is 4.24. The zero-order chi connectivity index (χ0) is 21.3. The highest BCUT2D eigenvalue weighted by atomic mass is 19.1. The van der Waals surface area contributed by atoms with E-state index in [1.807, 2.05) is 12.1 Å². The van der Waals surface area contributed by atoms with Gasteiger partial charge in [0.1, 0.15) is 17.2 Å². The monoisotopic (exact) mass is 414 g/mol. The summed E-state index contributed by atoms with van der Waals surface area (Å²) in [5, 5.41) is 9.71. The molecule has 2 saturated carbocycles. The molecule has 2 fully saturated rings. The van der Waals surface area contributed by atoms with E-state index in [0.29, 0.717) is 11.3 Å². The molecule has 4 rings (SSSR count). The van der Waals surface area contributed by atoms with E-state index >= 15 is 0 Å². The molecule has 2 aromatic rings. The predicted octanol–water partition coefficient (Wildman–Crippen LogP) is 7.70. The van der Waals surface area contributed by atoms with Gasteiger partial charge in [-0.15, -0.1) is 0 Å². The van der Waals surface area contributed by atoms with E-state index in [4.69, 9.17) is 5.11 Å². The number of carboxylic acid groups (broad SMARTS) is 1. The summed E-state index contributed by atoms with van der Waals surface area (Å²) in [5.74, 6) is -0.606. The van der Waals surface area contributed by atoms with Crippen LogP contribution in [0, 0.1) is 29.4 Å². The van der Waals surface area contributed by atoms with Gasteiger partial charge < -0.3 is 5.11 Å². The highest BCUT2D eigenvalue weighted by Crippen LogP contribution is 2.48. The van der Waals surface area contributed by atoms with Crippen molar-refractivity contribution < 1.29 is 18.7 Å². The minimum atomic E-state index is -1.57. The van der Waals surface area contributed by atoms with E-state index in [2.05, 4.69) is 6.92 Å². The van der Waals surface area contributed by atoms with Gasteiger partial charge in [0.15, 0.2) is 0 Å². The fraction of sp³-hybridized carbons (Fsp3) is 0.577. The Labute approximate surface area is 177 Å². The minimum Gasteiger partial charge on any atom is -0.477 e. The Balaban J connectivity index is 1.47. The molecule has 0 saturated heterocycles. The number of unbranched alkanes of at least 4 members (excludes halogenated alkanes) is 2.